The molecule has 4 rings (SSSR count). The van der Waals surface area contributed by atoms with Crippen molar-refractivity contribution < 1.29 is 4.79 Å². The van der Waals surface area contributed by atoms with E-state index in [4.69, 9.17) is 0 Å². The summed E-state index contributed by atoms with van der Waals surface area (Å²) in [5, 5.41) is 0. The Bertz CT molecular complexity index is 577. The lowest BCUT2D eigenvalue weighted by atomic mass is 9.78. The average Bonchev–Trinajstić information content (AvgIpc) is 3.29. The fourth-order valence-electron chi connectivity index (χ4n) is 4.66. The Labute approximate surface area is 133 Å². The van der Waals surface area contributed by atoms with Gasteiger partial charge in [-0.1, -0.05) is 31.2 Å². The lowest BCUT2D eigenvalue weighted by molar-refractivity contribution is -0.134. The fourth-order valence-corrected chi connectivity index (χ4v) is 4.66. The highest BCUT2D eigenvalue weighted by atomic mass is 16.2. The summed E-state index contributed by atoms with van der Waals surface area (Å²) in [6.07, 6.45) is 4.71. The number of carbonyl (C=O) groups is 1. The van der Waals surface area contributed by atoms with Gasteiger partial charge in [-0.05, 0) is 43.4 Å². The van der Waals surface area contributed by atoms with Crippen LogP contribution >= 0.6 is 0 Å². The molecule has 1 aromatic carbocycles. The van der Waals surface area contributed by atoms with Gasteiger partial charge in [-0.25, -0.2) is 0 Å². The zero-order valence-electron chi connectivity index (χ0n) is 13.6. The second kappa shape index (κ2) is 5.38. The van der Waals surface area contributed by atoms with Gasteiger partial charge < -0.3 is 9.80 Å². The van der Waals surface area contributed by atoms with E-state index in [1.807, 2.05) is 0 Å². The molecule has 3 nitrogen and oxygen atoms in total. The Morgan fingerprint density at radius 1 is 1.23 bits per heavy atom. The maximum Gasteiger partial charge on any atom is 0.226 e. The molecule has 0 N–H and O–H groups in total. The second-order valence-electron chi connectivity index (χ2n) is 7.18. The average molecular weight is 298 g/mol. The summed E-state index contributed by atoms with van der Waals surface area (Å²) in [6, 6.07) is 8.82. The largest absolute Gasteiger partial charge is 0.340 e. The standard InChI is InChI=1S/C19H26N2O/c1-2-20-10-12-21(13-11-20)18(22)17-14-19(17)9-5-7-15-6-3-4-8-16(15)19/h3-4,6,8,17H,2,5,7,9-14H2,1H3/t17-,19+/m1/s1. The number of nitrogens with zero attached hydrogens (tertiary/aromatic N) is 2. The molecule has 3 heteroatoms. The molecular weight excluding hydrogens is 272 g/mol. The number of piperazine rings is 1. The van der Waals surface area contributed by atoms with Crippen LogP contribution in [-0.2, 0) is 16.6 Å². The van der Waals surface area contributed by atoms with E-state index >= 15 is 0 Å². The molecule has 1 spiro atoms. The normalized spacial score (nSPS) is 31.1. The molecule has 118 valence electrons. The number of hydrogen-bond acceptors (Lipinski definition) is 2. The highest BCUT2D eigenvalue weighted by Crippen LogP contribution is 2.60. The SMILES string of the molecule is CCN1CCN(C(=O)[C@H]2C[C@]23CCCc2ccccc23)CC1. The van der Waals surface area contributed by atoms with E-state index in [1.54, 1.807) is 0 Å². The van der Waals surface area contributed by atoms with Gasteiger partial charge in [0.2, 0.25) is 5.91 Å². The quantitative estimate of drug-likeness (QED) is 0.837. The van der Waals surface area contributed by atoms with Crippen LogP contribution in [0.3, 0.4) is 0 Å². The third-order valence-electron chi connectivity index (χ3n) is 6.13. The molecule has 1 saturated carbocycles. The zero-order chi connectivity index (χ0) is 15.2. The molecule has 1 saturated heterocycles. The van der Waals surface area contributed by atoms with Gasteiger partial charge in [-0.15, -0.1) is 0 Å². The molecular formula is C19H26N2O. The van der Waals surface area contributed by atoms with Gasteiger partial charge >= 0.3 is 0 Å². The van der Waals surface area contributed by atoms with E-state index in [1.165, 1.54) is 30.4 Å². The maximum atomic E-state index is 12.9. The smallest absolute Gasteiger partial charge is 0.226 e. The van der Waals surface area contributed by atoms with Crippen molar-refractivity contribution in [3.05, 3.63) is 35.4 Å². The molecule has 1 aliphatic heterocycles. The van der Waals surface area contributed by atoms with Crippen LogP contribution in [-0.4, -0.2) is 48.4 Å². The summed E-state index contributed by atoms with van der Waals surface area (Å²) < 4.78 is 0. The highest BCUT2D eigenvalue weighted by Gasteiger charge is 2.60. The Kier molecular flexibility index (Phi) is 3.48. The topological polar surface area (TPSA) is 23.6 Å². The monoisotopic (exact) mass is 298 g/mol. The summed E-state index contributed by atoms with van der Waals surface area (Å²) in [7, 11) is 0. The lowest BCUT2D eigenvalue weighted by Gasteiger charge is -2.35. The van der Waals surface area contributed by atoms with Crippen LogP contribution in [0.15, 0.2) is 24.3 Å². The summed E-state index contributed by atoms with van der Waals surface area (Å²) in [5.41, 5.74) is 3.15. The van der Waals surface area contributed by atoms with Crippen molar-refractivity contribution in [1.82, 2.24) is 9.80 Å². The Morgan fingerprint density at radius 3 is 2.77 bits per heavy atom. The van der Waals surface area contributed by atoms with Gasteiger partial charge in [0, 0.05) is 37.5 Å². The maximum absolute atomic E-state index is 12.9. The molecule has 0 radical (unpaired) electrons. The molecule has 2 atom stereocenters. The van der Waals surface area contributed by atoms with Crippen LogP contribution in [0.4, 0.5) is 0 Å². The molecule has 3 aliphatic rings. The van der Waals surface area contributed by atoms with Crippen molar-refractivity contribution in [3.8, 4) is 0 Å². The molecule has 0 bridgehead atoms. The number of rotatable bonds is 2. The summed E-state index contributed by atoms with van der Waals surface area (Å²) in [5.74, 6) is 0.676. The number of aryl methyl sites for hydroxylation is 1. The third kappa shape index (κ3) is 2.18. The van der Waals surface area contributed by atoms with Crippen molar-refractivity contribution >= 4 is 5.91 Å². The van der Waals surface area contributed by atoms with Crippen LogP contribution in [0.2, 0.25) is 0 Å². The van der Waals surface area contributed by atoms with E-state index in [9.17, 15) is 4.79 Å². The first-order valence-corrected chi connectivity index (χ1v) is 8.84. The van der Waals surface area contributed by atoms with E-state index in [-0.39, 0.29) is 11.3 Å². The molecule has 22 heavy (non-hydrogen) atoms. The van der Waals surface area contributed by atoms with Gasteiger partial charge in [0.25, 0.3) is 0 Å². The number of benzene rings is 1. The van der Waals surface area contributed by atoms with Crippen LogP contribution < -0.4 is 0 Å². The lowest BCUT2D eigenvalue weighted by Crippen LogP contribution is -2.49. The van der Waals surface area contributed by atoms with Crippen molar-refractivity contribution in [1.29, 1.82) is 0 Å². The van der Waals surface area contributed by atoms with Crippen LogP contribution in [0, 0.1) is 5.92 Å². The number of amides is 1. The number of hydrogen-bond donors (Lipinski definition) is 0. The minimum absolute atomic E-state index is 0.188. The van der Waals surface area contributed by atoms with Crippen molar-refractivity contribution in [2.24, 2.45) is 5.92 Å². The van der Waals surface area contributed by atoms with E-state index in [0.29, 0.717) is 5.91 Å². The molecule has 1 aromatic rings. The predicted octanol–water partition coefficient (Wildman–Crippen LogP) is 2.44. The Morgan fingerprint density at radius 2 is 2.00 bits per heavy atom. The second-order valence-corrected chi connectivity index (χ2v) is 7.18. The minimum Gasteiger partial charge on any atom is -0.340 e. The summed E-state index contributed by atoms with van der Waals surface area (Å²) in [4.78, 5) is 17.5. The van der Waals surface area contributed by atoms with E-state index < -0.39 is 0 Å². The molecule has 2 fully saturated rings. The highest BCUT2D eigenvalue weighted by molar-refractivity contribution is 5.85. The molecule has 2 aliphatic carbocycles. The van der Waals surface area contributed by atoms with Gasteiger partial charge in [0.1, 0.15) is 0 Å². The first-order valence-electron chi connectivity index (χ1n) is 8.84. The minimum atomic E-state index is 0.188. The Hall–Kier alpha value is -1.35. The molecule has 0 unspecified atom stereocenters. The molecule has 1 amide bonds. The van der Waals surface area contributed by atoms with Gasteiger partial charge in [-0.2, -0.15) is 0 Å². The van der Waals surface area contributed by atoms with Crippen molar-refractivity contribution in [2.75, 3.05) is 32.7 Å². The first kappa shape index (κ1) is 14.3. The fraction of sp³-hybridized carbons (Fsp3) is 0.632. The van der Waals surface area contributed by atoms with Crippen LogP contribution in [0.25, 0.3) is 0 Å². The number of likely N-dealkylation sites (N-methyl/N-ethyl adjacent to an activating group) is 1. The van der Waals surface area contributed by atoms with Crippen molar-refractivity contribution in [3.63, 3.8) is 0 Å². The molecule has 1 heterocycles. The number of fused-ring (bicyclic) bond motifs is 2. The predicted molar refractivity (Wildman–Crippen MR) is 87.9 cm³/mol. The summed E-state index contributed by atoms with van der Waals surface area (Å²) >= 11 is 0. The van der Waals surface area contributed by atoms with E-state index in [0.717, 1.165) is 39.1 Å². The summed E-state index contributed by atoms with van der Waals surface area (Å²) in [6.45, 7) is 7.22. The van der Waals surface area contributed by atoms with Crippen LogP contribution in [0.1, 0.15) is 37.3 Å². The van der Waals surface area contributed by atoms with Gasteiger partial charge in [0.05, 0.1) is 0 Å². The Balaban J connectivity index is 1.49. The third-order valence-corrected chi connectivity index (χ3v) is 6.13. The van der Waals surface area contributed by atoms with E-state index in [2.05, 4.69) is 41.0 Å². The van der Waals surface area contributed by atoms with Crippen molar-refractivity contribution in [2.45, 2.75) is 38.0 Å². The molecule has 0 aromatic heterocycles. The first-order chi connectivity index (χ1) is 10.7. The van der Waals surface area contributed by atoms with Crippen LogP contribution in [0.5, 0.6) is 0 Å². The van der Waals surface area contributed by atoms with Gasteiger partial charge in [-0.3, -0.25) is 4.79 Å². The van der Waals surface area contributed by atoms with Gasteiger partial charge in [0.15, 0.2) is 0 Å². The number of carbonyl (C=O) groups excluding carboxylic acids is 1. The zero-order valence-corrected chi connectivity index (χ0v) is 13.6.